The van der Waals surface area contributed by atoms with Crippen LogP contribution in [0.15, 0.2) is 61.0 Å². The van der Waals surface area contributed by atoms with E-state index in [1.165, 1.54) is 36.4 Å². The summed E-state index contributed by atoms with van der Waals surface area (Å²) in [5, 5.41) is 12.8. The van der Waals surface area contributed by atoms with Gasteiger partial charge in [-0.15, -0.1) is 0 Å². The van der Waals surface area contributed by atoms with Crippen LogP contribution in [0.1, 0.15) is 5.76 Å². The number of phenolic OH excluding ortho intramolecular Hbond substituents is 1. The van der Waals surface area contributed by atoms with Gasteiger partial charge in [0, 0.05) is 11.6 Å². The van der Waals surface area contributed by atoms with E-state index < -0.39 is 28.7 Å². The smallest absolute Gasteiger partial charge is 0.450 e. The Hall–Kier alpha value is -3.82. The number of rotatable bonds is 2. The maximum Gasteiger partial charge on any atom is 0.450 e. The molecule has 0 aliphatic rings. The van der Waals surface area contributed by atoms with E-state index in [0.717, 1.165) is 6.07 Å². The van der Waals surface area contributed by atoms with Crippen molar-refractivity contribution in [2.45, 2.75) is 6.18 Å². The van der Waals surface area contributed by atoms with Crippen molar-refractivity contribution in [1.82, 2.24) is 10.1 Å². The van der Waals surface area contributed by atoms with Gasteiger partial charge in [-0.2, -0.15) is 13.2 Å². The van der Waals surface area contributed by atoms with Crippen LogP contribution >= 0.6 is 0 Å². The molecule has 0 aliphatic heterocycles. The Kier molecular flexibility index (Phi) is 3.84. The third-order valence-electron chi connectivity index (χ3n) is 4.02. The fourth-order valence-electron chi connectivity index (χ4n) is 2.79. The molecule has 2 aromatic heterocycles. The first-order valence-corrected chi connectivity index (χ1v) is 7.78. The molecule has 0 spiro atoms. The number of nitrogens with zero attached hydrogens (tertiary/aromatic N) is 1. The number of alkyl halides is 3. The number of benzene rings is 2. The van der Waals surface area contributed by atoms with Crippen molar-refractivity contribution in [2.75, 3.05) is 0 Å². The highest BCUT2D eigenvalue weighted by Gasteiger charge is 2.39. The molecule has 142 valence electrons. The summed E-state index contributed by atoms with van der Waals surface area (Å²) in [6.07, 6.45) is -4.94. The highest BCUT2D eigenvalue weighted by molar-refractivity contribution is 5.84. The van der Waals surface area contributed by atoms with Gasteiger partial charge in [0.25, 0.3) is 0 Å². The van der Waals surface area contributed by atoms with Crippen molar-refractivity contribution < 1.29 is 27.2 Å². The van der Waals surface area contributed by atoms with Crippen molar-refractivity contribution >= 4 is 11.0 Å². The molecule has 0 saturated carbocycles. The Morgan fingerprint density at radius 3 is 2.29 bits per heavy atom. The first kappa shape index (κ1) is 17.6. The second-order valence-electron chi connectivity index (χ2n) is 5.83. The van der Waals surface area contributed by atoms with E-state index in [1.807, 2.05) is 0 Å². The highest BCUT2D eigenvalue weighted by Crippen LogP contribution is 2.38. The first-order valence-electron chi connectivity index (χ1n) is 7.78. The van der Waals surface area contributed by atoms with E-state index in [2.05, 4.69) is 14.7 Å². The van der Waals surface area contributed by atoms with Gasteiger partial charge in [0.05, 0.1) is 10.9 Å². The largest absolute Gasteiger partial charge is 0.508 e. The summed E-state index contributed by atoms with van der Waals surface area (Å²) in [7, 11) is 0. The molecule has 0 amide bonds. The molecular formula is C18H9F3N2O5. The number of aromatic amines is 1. The van der Waals surface area contributed by atoms with E-state index in [1.54, 1.807) is 0 Å². The van der Waals surface area contributed by atoms with Crippen LogP contribution in [-0.4, -0.2) is 15.2 Å². The predicted octanol–water partition coefficient (Wildman–Crippen LogP) is 3.53. The Labute approximate surface area is 152 Å². The quantitative estimate of drug-likeness (QED) is 0.542. The van der Waals surface area contributed by atoms with Gasteiger partial charge < -0.3 is 9.52 Å². The molecule has 7 nitrogen and oxygen atoms in total. The SMILES string of the molecule is O=c1[nH]c(-c2ccc(-c3c(C(F)(F)F)oc4cc(O)ccc4c3=O)cc2)no1. The summed E-state index contributed by atoms with van der Waals surface area (Å²) in [6.45, 7) is 0. The average molecular weight is 390 g/mol. The Morgan fingerprint density at radius 1 is 1.00 bits per heavy atom. The minimum Gasteiger partial charge on any atom is -0.508 e. The van der Waals surface area contributed by atoms with Gasteiger partial charge in [-0.05, 0) is 17.7 Å². The van der Waals surface area contributed by atoms with Crippen LogP contribution in [-0.2, 0) is 6.18 Å². The Balaban J connectivity index is 1.94. The fraction of sp³-hybridized carbons (Fsp3) is 0.0556. The van der Waals surface area contributed by atoms with Crippen LogP contribution in [0.4, 0.5) is 13.2 Å². The van der Waals surface area contributed by atoms with E-state index in [9.17, 15) is 27.9 Å². The molecule has 0 radical (unpaired) electrons. The lowest BCUT2D eigenvalue weighted by atomic mass is 10.00. The molecule has 2 heterocycles. The monoisotopic (exact) mass is 390 g/mol. The third kappa shape index (κ3) is 2.94. The number of H-pyrrole nitrogens is 1. The lowest BCUT2D eigenvalue weighted by Gasteiger charge is -2.13. The molecule has 0 unspecified atom stereocenters. The van der Waals surface area contributed by atoms with Crippen LogP contribution in [0.2, 0.25) is 0 Å². The van der Waals surface area contributed by atoms with Gasteiger partial charge in [-0.25, -0.2) is 4.79 Å². The van der Waals surface area contributed by atoms with E-state index in [0.29, 0.717) is 5.56 Å². The topological polar surface area (TPSA) is 109 Å². The summed E-state index contributed by atoms with van der Waals surface area (Å²) in [5.74, 6) is -2.49. The van der Waals surface area contributed by atoms with Crippen molar-refractivity contribution in [3.8, 4) is 28.3 Å². The number of halogens is 3. The maximum atomic E-state index is 13.5. The molecule has 10 heteroatoms. The van der Waals surface area contributed by atoms with Crippen LogP contribution < -0.4 is 11.2 Å². The van der Waals surface area contributed by atoms with Crippen molar-refractivity contribution in [3.05, 3.63) is 69.0 Å². The number of hydrogen-bond donors (Lipinski definition) is 2. The van der Waals surface area contributed by atoms with Gasteiger partial charge in [-0.1, -0.05) is 29.4 Å². The van der Waals surface area contributed by atoms with Crippen LogP contribution in [0.25, 0.3) is 33.5 Å². The summed E-state index contributed by atoms with van der Waals surface area (Å²) in [5.41, 5.74) is -1.59. The summed E-state index contributed by atoms with van der Waals surface area (Å²) >= 11 is 0. The normalized spacial score (nSPS) is 11.8. The zero-order valence-electron chi connectivity index (χ0n) is 13.7. The molecule has 0 aliphatic carbocycles. The number of phenols is 1. The fourth-order valence-corrected chi connectivity index (χ4v) is 2.79. The van der Waals surface area contributed by atoms with Gasteiger partial charge in [0.2, 0.25) is 11.2 Å². The third-order valence-corrected chi connectivity index (χ3v) is 4.02. The van der Waals surface area contributed by atoms with E-state index in [-0.39, 0.29) is 28.1 Å². The Bertz CT molecular complexity index is 1300. The lowest BCUT2D eigenvalue weighted by Crippen LogP contribution is -2.16. The number of hydrogen-bond acceptors (Lipinski definition) is 6. The van der Waals surface area contributed by atoms with Gasteiger partial charge in [0.15, 0.2) is 5.82 Å². The van der Waals surface area contributed by atoms with Crippen molar-refractivity contribution in [1.29, 1.82) is 0 Å². The highest BCUT2D eigenvalue weighted by atomic mass is 19.4. The average Bonchev–Trinajstić information content (AvgIpc) is 3.07. The standard InChI is InChI=1S/C18H9F3N2O5/c19-18(20,21)15-13(14(25)11-6-5-10(24)7-12(11)27-15)8-1-3-9(4-2-8)16-22-17(26)28-23-16/h1-7,24H,(H,22,23,26). The van der Waals surface area contributed by atoms with E-state index >= 15 is 0 Å². The molecule has 4 rings (SSSR count). The van der Waals surface area contributed by atoms with E-state index in [4.69, 9.17) is 4.42 Å². The van der Waals surface area contributed by atoms with Crippen LogP contribution in [0, 0.1) is 0 Å². The summed E-state index contributed by atoms with van der Waals surface area (Å²) in [6, 6.07) is 8.62. The number of aromatic hydroxyl groups is 1. The summed E-state index contributed by atoms with van der Waals surface area (Å²) in [4.78, 5) is 26.1. The molecule has 0 fully saturated rings. The second kappa shape index (κ2) is 6.12. The van der Waals surface area contributed by atoms with Crippen molar-refractivity contribution in [2.24, 2.45) is 0 Å². The van der Waals surface area contributed by atoms with Crippen LogP contribution in [0.3, 0.4) is 0 Å². The van der Waals surface area contributed by atoms with Crippen LogP contribution in [0.5, 0.6) is 5.75 Å². The first-order chi connectivity index (χ1) is 13.2. The van der Waals surface area contributed by atoms with Crippen molar-refractivity contribution in [3.63, 3.8) is 0 Å². The van der Waals surface area contributed by atoms with Gasteiger partial charge in [-0.3, -0.25) is 14.3 Å². The number of aromatic nitrogens is 2. The number of nitrogens with one attached hydrogen (secondary N) is 1. The van der Waals surface area contributed by atoms with Gasteiger partial charge in [0.1, 0.15) is 11.3 Å². The molecule has 0 saturated heterocycles. The second-order valence-corrected chi connectivity index (χ2v) is 5.83. The molecule has 2 aromatic carbocycles. The molecular weight excluding hydrogens is 381 g/mol. The molecule has 2 N–H and O–H groups in total. The Morgan fingerprint density at radius 2 is 1.68 bits per heavy atom. The molecule has 0 bridgehead atoms. The zero-order valence-corrected chi connectivity index (χ0v) is 13.7. The zero-order chi connectivity index (χ0) is 20.1. The minimum atomic E-state index is -4.94. The minimum absolute atomic E-state index is 0.0364. The predicted molar refractivity (Wildman–Crippen MR) is 90.7 cm³/mol. The lowest BCUT2D eigenvalue weighted by molar-refractivity contribution is -0.152. The molecule has 0 atom stereocenters. The number of fused-ring (bicyclic) bond motifs is 1. The summed E-state index contributed by atoms with van der Waals surface area (Å²) < 4.78 is 49.9. The molecule has 28 heavy (non-hydrogen) atoms. The maximum absolute atomic E-state index is 13.5. The molecule has 4 aromatic rings. The van der Waals surface area contributed by atoms with Gasteiger partial charge >= 0.3 is 11.9 Å².